The molecule has 1 N–H and O–H groups in total. The Bertz CT molecular complexity index is 1340. The summed E-state index contributed by atoms with van der Waals surface area (Å²) < 4.78 is 11.0. The highest BCUT2D eigenvalue weighted by atomic mass is 16.5. The van der Waals surface area contributed by atoms with Crippen molar-refractivity contribution in [1.29, 1.82) is 0 Å². The van der Waals surface area contributed by atoms with Crippen LogP contribution >= 0.6 is 0 Å². The number of carbonyl (C=O) groups is 2. The molecule has 1 unspecified atom stereocenters. The predicted molar refractivity (Wildman–Crippen MR) is 120 cm³/mol. The van der Waals surface area contributed by atoms with Crippen LogP contribution in [0.1, 0.15) is 22.2 Å². The summed E-state index contributed by atoms with van der Waals surface area (Å²) in [5.74, 6) is -1.17. The number of ketones is 1. The molecule has 1 atom stereocenters. The molecule has 0 fully saturated rings. The number of ether oxygens (including phenoxy) is 1. The lowest BCUT2D eigenvalue weighted by Gasteiger charge is -2.27. The zero-order valence-electron chi connectivity index (χ0n) is 17.2. The van der Waals surface area contributed by atoms with Crippen molar-refractivity contribution in [2.75, 3.05) is 12.0 Å². The van der Waals surface area contributed by atoms with Gasteiger partial charge in [0, 0.05) is 17.1 Å². The van der Waals surface area contributed by atoms with Gasteiger partial charge in [0.2, 0.25) is 5.78 Å². The third kappa shape index (κ3) is 3.13. The largest absolute Gasteiger partial charge is 0.503 e. The number of anilines is 1. The number of furan rings is 1. The van der Waals surface area contributed by atoms with Gasteiger partial charge in [0.1, 0.15) is 11.3 Å². The first-order valence-electron chi connectivity index (χ1n) is 10.1. The van der Waals surface area contributed by atoms with E-state index in [1.54, 1.807) is 36.4 Å². The number of carbonyl (C=O) groups excluding carboxylic acids is 2. The first-order valence-corrected chi connectivity index (χ1v) is 10.1. The van der Waals surface area contributed by atoms with Crippen molar-refractivity contribution in [3.8, 4) is 5.75 Å². The Labute approximate surface area is 184 Å². The molecule has 32 heavy (non-hydrogen) atoms. The van der Waals surface area contributed by atoms with E-state index in [1.165, 1.54) is 12.0 Å². The standard InChI is InChI=1S/C26H19NO5/c1-31-19-12-7-11-18(15-19)27-23(16-8-3-2-4-9-16)22(25(29)26(27)30)24(28)21-14-17-10-5-6-13-20(17)32-21/h2-15,23,29H,1H3. The molecule has 1 amide bonds. The molecule has 3 aromatic carbocycles. The van der Waals surface area contributed by atoms with Crippen LogP contribution in [-0.2, 0) is 4.79 Å². The Hall–Kier alpha value is -4.32. The summed E-state index contributed by atoms with van der Waals surface area (Å²) in [6, 6.07) is 24.1. The first kappa shape index (κ1) is 19.6. The van der Waals surface area contributed by atoms with Gasteiger partial charge in [-0.3, -0.25) is 14.5 Å². The minimum Gasteiger partial charge on any atom is -0.503 e. The molecule has 2 heterocycles. The normalized spacial score (nSPS) is 16.1. The molecule has 1 aromatic heterocycles. The number of methoxy groups -OCH3 is 1. The molecule has 6 nitrogen and oxygen atoms in total. The van der Waals surface area contributed by atoms with Gasteiger partial charge in [0.05, 0.1) is 18.7 Å². The van der Waals surface area contributed by atoms with Crippen molar-refractivity contribution in [2.24, 2.45) is 0 Å². The minimum absolute atomic E-state index is 0.0249. The lowest BCUT2D eigenvalue weighted by Crippen LogP contribution is -2.31. The van der Waals surface area contributed by atoms with Crippen LogP contribution in [0.3, 0.4) is 0 Å². The highest BCUT2D eigenvalue weighted by Crippen LogP contribution is 2.42. The lowest BCUT2D eigenvalue weighted by molar-refractivity contribution is -0.117. The number of fused-ring (bicyclic) bond motifs is 1. The molecular weight excluding hydrogens is 406 g/mol. The van der Waals surface area contributed by atoms with Crippen LogP contribution in [0, 0.1) is 0 Å². The molecule has 1 aliphatic rings. The van der Waals surface area contributed by atoms with Crippen LogP contribution in [0.15, 0.2) is 101 Å². The molecule has 0 saturated heterocycles. The average Bonchev–Trinajstić information content (AvgIpc) is 3.38. The highest BCUT2D eigenvalue weighted by molar-refractivity contribution is 6.20. The SMILES string of the molecule is COc1cccc(N2C(=O)C(O)=C(C(=O)c3cc4ccccc4o3)C2c2ccccc2)c1. The molecule has 0 saturated carbocycles. The summed E-state index contributed by atoms with van der Waals surface area (Å²) in [6.07, 6.45) is 0. The highest BCUT2D eigenvalue weighted by Gasteiger charge is 2.45. The maximum Gasteiger partial charge on any atom is 0.294 e. The van der Waals surface area contributed by atoms with Crippen molar-refractivity contribution < 1.29 is 23.8 Å². The summed E-state index contributed by atoms with van der Waals surface area (Å²) in [5, 5.41) is 11.6. The second-order valence-corrected chi connectivity index (χ2v) is 7.43. The molecule has 1 aliphatic heterocycles. The monoisotopic (exact) mass is 425 g/mol. The maximum atomic E-state index is 13.5. The second kappa shape index (κ2) is 7.74. The number of Topliss-reactive ketones (excluding diaryl/α,β-unsaturated/α-hetero) is 1. The number of hydrogen-bond acceptors (Lipinski definition) is 5. The first-order chi connectivity index (χ1) is 15.6. The molecule has 0 radical (unpaired) electrons. The number of amides is 1. The van der Waals surface area contributed by atoms with Gasteiger partial charge in [0.25, 0.3) is 5.91 Å². The van der Waals surface area contributed by atoms with E-state index in [1.807, 2.05) is 48.5 Å². The second-order valence-electron chi connectivity index (χ2n) is 7.43. The van der Waals surface area contributed by atoms with Crippen molar-refractivity contribution in [3.05, 3.63) is 108 Å². The van der Waals surface area contributed by atoms with Gasteiger partial charge in [-0.15, -0.1) is 0 Å². The van der Waals surface area contributed by atoms with Crippen LogP contribution in [0.5, 0.6) is 5.75 Å². The Morgan fingerprint density at radius 2 is 1.72 bits per heavy atom. The van der Waals surface area contributed by atoms with E-state index in [-0.39, 0.29) is 11.3 Å². The number of benzene rings is 3. The van der Waals surface area contributed by atoms with Crippen molar-refractivity contribution in [3.63, 3.8) is 0 Å². The van der Waals surface area contributed by atoms with Crippen LogP contribution in [0.25, 0.3) is 11.0 Å². The third-order valence-electron chi connectivity index (χ3n) is 5.55. The van der Waals surface area contributed by atoms with Gasteiger partial charge in [-0.05, 0) is 29.8 Å². The average molecular weight is 425 g/mol. The van der Waals surface area contributed by atoms with Crippen molar-refractivity contribution in [2.45, 2.75) is 6.04 Å². The summed E-state index contributed by atoms with van der Waals surface area (Å²) in [7, 11) is 1.53. The van der Waals surface area contributed by atoms with Crippen LogP contribution < -0.4 is 9.64 Å². The number of aliphatic hydroxyl groups is 1. The fourth-order valence-electron chi connectivity index (χ4n) is 4.04. The fraction of sp³-hybridized carbons (Fsp3) is 0.0769. The molecule has 4 aromatic rings. The third-order valence-corrected chi connectivity index (χ3v) is 5.55. The topological polar surface area (TPSA) is 80.0 Å². The quantitative estimate of drug-likeness (QED) is 0.443. The molecule has 0 aliphatic carbocycles. The van der Waals surface area contributed by atoms with Gasteiger partial charge in [-0.1, -0.05) is 54.6 Å². The number of aliphatic hydroxyl groups excluding tert-OH is 1. The van der Waals surface area contributed by atoms with E-state index in [4.69, 9.17) is 9.15 Å². The zero-order chi connectivity index (χ0) is 22.2. The number of nitrogens with zero attached hydrogens (tertiary/aromatic N) is 1. The summed E-state index contributed by atoms with van der Waals surface area (Å²) in [4.78, 5) is 28.1. The smallest absolute Gasteiger partial charge is 0.294 e. The zero-order valence-corrected chi connectivity index (χ0v) is 17.2. The summed E-state index contributed by atoms with van der Waals surface area (Å²) in [5.41, 5.74) is 1.72. The van der Waals surface area contributed by atoms with E-state index in [2.05, 4.69) is 0 Å². The van der Waals surface area contributed by atoms with E-state index in [0.29, 0.717) is 22.6 Å². The number of rotatable bonds is 5. The van der Waals surface area contributed by atoms with Crippen LogP contribution in [-0.4, -0.2) is 23.9 Å². The summed E-state index contributed by atoms with van der Waals surface area (Å²) in [6.45, 7) is 0. The predicted octanol–water partition coefficient (Wildman–Crippen LogP) is 5.22. The van der Waals surface area contributed by atoms with Crippen LogP contribution in [0.4, 0.5) is 5.69 Å². The van der Waals surface area contributed by atoms with Crippen molar-refractivity contribution in [1.82, 2.24) is 0 Å². The summed E-state index contributed by atoms with van der Waals surface area (Å²) >= 11 is 0. The van der Waals surface area contributed by atoms with Gasteiger partial charge in [-0.25, -0.2) is 0 Å². The number of hydrogen-bond donors (Lipinski definition) is 1. The molecular formula is C26H19NO5. The van der Waals surface area contributed by atoms with E-state index >= 15 is 0 Å². The van der Waals surface area contributed by atoms with Crippen molar-refractivity contribution >= 4 is 28.3 Å². The van der Waals surface area contributed by atoms with E-state index < -0.39 is 23.5 Å². The molecule has 158 valence electrons. The lowest BCUT2D eigenvalue weighted by atomic mass is 9.95. The Balaban J connectivity index is 1.66. The van der Waals surface area contributed by atoms with Gasteiger partial charge < -0.3 is 14.3 Å². The molecule has 0 bridgehead atoms. The Morgan fingerprint density at radius 3 is 2.47 bits per heavy atom. The van der Waals surface area contributed by atoms with Crippen LogP contribution in [0.2, 0.25) is 0 Å². The van der Waals surface area contributed by atoms with Gasteiger partial charge >= 0.3 is 0 Å². The minimum atomic E-state index is -0.823. The van der Waals surface area contributed by atoms with Gasteiger partial charge in [-0.2, -0.15) is 0 Å². The molecule has 6 heteroatoms. The molecule has 5 rings (SSSR count). The Morgan fingerprint density at radius 1 is 0.969 bits per heavy atom. The van der Waals surface area contributed by atoms with Gasteiger partial charge in [0.15, 0.2) is 11.5 Å². The molecule has 0 spiro atoms. The maximum absolute atomic E-state index is 13.5. The number of para-hydroxylation sites is 1. The van der Waals surface area contributed by atoms with E-state index in [0.717, 1.165) is 5.39 Å². The fourth-order valence-corrected chi connectivity index (χ4v) is 4.04. The Kier molecular flexibility index (Phi) is 4.75. The van der Waals surface area contributed by atoms with E-state index in [9.17, 15) is 14.7 Å².